The van der Waals surface area contributed by atoms with Crippen LogP contribution in [0.15, 0.2) is 48.6 Å². The zero-order chi connectivity index (χ0) is 35.1. The minimum absolute atomic E-state index is 0.233. The summed E-state index contributed by atoms with van der Waals surface area (Å²) in [4.78, 5) is 61.5. The Morgan fingerprint density at radius 3 is 1.68 bits per heavy atom. The van der Waals surface area contributed by atoms with Crippen molar-refractivity contribution < 1.29 is 79.0 Å². The average Bonchev–Trinajstić information content (AvgIpc) is 2.95. The molecule has 0 aliphatic heterocycles. The molecule has 0 unspecified atom stereocenters. The van der Waals surface area contributed by atoms with Gasteiger partial charge in [0, 0.05) is 25.0 Å². The number of carboxylic acids is 2. The van der Waals surface area contributed by atoms with Crippen molar-refractivity contribution in [2.24, 2.45) is 0 Å². The van der Waals surface area contributed by atoms with Crippen LogP contribution in [0.1, 0.15) is 43.7 Å². The Balaban J connectivity index is 1.92. The monoisotopic (exact) mass is 660 g/mol. The molecule has 0 saturated heterocycles. The average molecular weight is 661 g/mol. The lowest BCUT2D eigenvalue weighted by Gasteiger charge is -2.42. The molecule has 0 spiro atoms. The Morgan fingerprint density at radius 2 is 1.23 bits per heavy atom. The third-order valence-electron chi connectivity index (χ3n) is 6.89. The van der Waals surface area contributed by atoms with Crippen LogP contribution >= 0.6 is 0 Å². The Hall–Kier alpha value is -5.61. The lowest BCUT2D eigenvalue weighted by molar-refractivity contribution is -0.213. The largest absolute Gasteiger partial charge is 0.504 e. The topological polar surface area (TPSA) is 275 Å². The van der Waals surface area contributed by atoms with Gasteiger partial charge in [-0.05, 0) is 54.5 Å². The summed E-state index contributed by atoms with van der Waals surface area (Å²) < 4.78 is 16.0. The van der Waals surface area contributed by atoms with Crippen LogP contribution in [0.4, 0.5) is 0 Å². The molecule has 1 aliphatic carbocycles. The van der Waals surface area contributed by atoms with Gasteiger partial charge in [-0.1, -0.05) is 12.1 Å². The number of phenolic OH excluding ortho intramolecular Hbond substituents is 4. The molecule has 3 rings (SSSR count). The van der Waals surface area contributed by atoms with Gasteiger partial charge in [0.15, 0.2) is 34.7 Å². The van der Waals surface area contributed by atoms with Crippen molar-refractivity contribution in [1.82, 2.24) is 0 Å². The molecule has 16 nitrogen and oxygen atoms in total. The van der Waals surface area contributed by atoms with Crippen molar-refractivity contribution in [2.45, 2.75) is 62.1 Å². The van der Waals surface area contributed by atoms with Crippen molar-refractivity contribution in [2.75, 3.05) is 0 Å². The highest BCUT2D eigenvalue weighted by Crippen LogP contribution is 2.36. The number of ether oxygens (including phenoxy) is 3. The fraction of sp³-hybridized carbons (Fsp3) is 0.323. The second-order valence-corrected chi connectivity index (χ2v) is 11.1. The van der Waals surface area contributed by atoms with Gasteiger partial charge in [-0.2, -0.15) is 0 Å². The molecule has 5 atom stereocenters. The summed E-state index contributed by atoms with van der Waals surface area (Å²) >= 11 is 0. The predicted molar refractivity (Wildman–Crippen MR) is 157 cm³/mol. The van der Waals surface area contributed by atoms with Gasteiger partial charge < -0.3 is 55.1 Å². The maximum absolute atomic E-state index is 12.9. The van der Waals surface area contributed by atoms with Crippen LogP contribution < -0.4 is 0 Å². The first-order valence-electron chi connectivity index (χ1n) is 13.8. The van der Waals surface area contributed by atoms with Crippen molar-refractivity contribution >= 4 is 42.0 Å². The first-order valence-corrected chi connectivity index (χ1v) is 13.8. The van der Waals surface area contributed by atoms with E-state index in [0.717, 1.165) is 49.4 Å². The molecular weight excluding hydrogens is 628 g/mol. The molecule has 0 amide bonds. The maximum atomic E-state index is 12.9. The molecular formula is C31H32O16. The van der Waals surface area contributed by atoms with Gasteiger partial charge in [-0.3, -0.25) is 9.59 Å². The molecule has 0 heterocycles. The Morgan fingerprint density at radius 1 is 0.766 bits per heavy atom. The zero-order valence-corrected chi connectivity index (χ0v) is 24.7. The molecule has 252 valence electrons. The van der Waals surface area contributed by atoms with Crippen LogP contribution in [-0.2, 0) is 38.2 Å². The van der Waals surface area contributed by atoms with Gasteiger partial charge in [0.1, 0.15) is 12.2 Å². The van der Waals surface area contributed by atoms with Gasteiger partial charge in [-0.15, -0.1) is 0 Å². The highest BCUT2D eigenvalue weighted by atomic mass is 16.6. The predicted octanol–water partition coefficient (Wildman–Crippen LogP) is 1.20. The molecule has 0 bridgehead atoms. The quantitative estimate of drug-likeness (QED) is 0.0687. The number of benzene rings is 2. The fourth-order valence-electron chi connectivity index (χ4n) is 4.65. The van der Waals surface area contributed by atoms with Gasteiger partial charge in [0.2, 0.25) is 0 Å². The zero-order valence-electron chi connectivity index (χ0n) is 24.7. The number of aliphatic carboxylic acids is 2. The SMILES string of the molecule is C[C@@](O)(CC(=O)O)CC(=O)O[C@H]1C[C@@](O)(C(=O)O)C[C@@H](OC(=O)C=Cc2ccc(O)c(O)c2)[C@@H]1OC(=O)C=Cc1ccc(O)c(O)c1. The number of aliphatic hydroxyl groups is 2. The first-order chi connectivity index (χ1) is 21.9. The summed E-state index contributed by atoms with van der Waals surface area (Å²) in [7, 11) is 0. The van der Waals surface area contributed by atoms with Crippen LogP contribution in [0.5, 0.6) is 23.0 Å². The maximum Gasteiger partial charge on any atom is 0.335 e. The van der Waals surface area contributed by atoms with Crippen LogP contribution in [0.2, 0.25) is 0 Å². The minimum atomic E-state index is -2.69. The standard InChI is InChI=1S/C31H32O16/c1-30(43,14-24(36)37)15-27(40)46-23-13-31(44,29(41)42)12-22(45-25(38)8-4-16-2-6-18(32)20(34)10-16)28(23)47-26(39)9-5-17-3-7-19(33)21(35)11-17/h2-11,22-23,28,32-35,43-44H,12-15H2,1H3,(H,36,37)(H,41,42)/t22-,23+,28+,30-,31-/m1/s1. The molecule has 16 heteroatoms. The lowest BCUT2D eigenvalue weighted by Crippen LogP contribution is -2.59. The van der Waals surface area contributed by atoms with E-state index in [4.69, 9.17) is 19.3 Å². The first kappa shape index (κ1) is 35.9. The summed E-state index contributed by atoms with van der Waals surface area (Å²) in [6, 6.07) is 7.19. The number of esters is 3. The Kier molecular flexibility index (Phi) is 11.2. The Labute approximate surface area is 266 Å². The summed E-state index contributed by atoms with van der Waals surface area (Å²) in [5, 5.41) is 78.2. The Bertz CT molecular complexity index is 1590. The van der Waals surface area contributed by atoms with E-state index >= 15 is 0 Å². The van der Waals surface area contributed by atoms with E-state index in [0.29, 0.717) is 0 Å². The highest BCUT2D eigenvalue weighted by molar-refractivity contribution is 5.88. The number of rotatable bonds is 12. The van der Waals surface area contributed by atoms with Crippen LogP contribution in [0.3, 0.4) is 0 Å². The van der Waals surface area contributed by atoms with Gasteiger partial charge in [-0.25, -0.2) is 14.4 Å². The van der Waals surface area contributed by atoms with E-state index in [1.807, 2.05) is 0 Å². The van der Waals surface area contributed by atoms with Gasteiger partial charge in [0.25, 0.3) is 0 Å². The molecule has 2 aromatic carbocycles. The molecule has 0 aromatic heterocycles. The van der Waals surface area contributed by atoms with Crippen LogP contribution in [0.25, 0.3) is 12.2 Å². The van der Waals surface area contributed by atoms with E-state index in [9.17, 15) is 59.7 Å². The van der Waals surface area contributed by atoms with Crippen LogP contribution in [0, 0.1) is 0 Å². The van der Waals surface area contributed by atoms with E-state index in [1.165, 1.54) is 18.2 Å². The molecule has 1 saturated carbocycles. The number of hydrogen-bond donors (Lipinski definition) is 8. The second-order valence-electron chi connectivity index (χ2n) is 11.1. The molecule has 47 heavy (non-hydrogen) atoms. The number of carbonyl (C=O) groups is 5. The number of carbonyl (C=O) groups excluding carboxylic acids is 3. The van der Waals surface area contributed by atoms with Crippen molar-refractivity contribution in [1.29, 1.82) is 0 Å². The van der Waals surface area contributed by atoms with Gasteiger partial charge in [0.05, 0.1) is 18.4 Å². The van der Waals surface area contributed by atoms with E-state index in [-0.39, 0.29) is 11.1 Å². The second kappa shape index (κ2) is 14.7. The fourth-order valence-corrected chi connectivity index (χ4v) is 4.65. The van der Waals surface area contributed by atoms with Gasteiger partial charge >= 0.3 is 29.8 Å². The molecule has 2 aromatic rings. The normalized spacial score (nSPS) is 22.3. The highest BCUT2D eigenvalue weighted by Gasteiger charge is 2.54. The van der Waals surface area contributed by atoms with Crippen molar-refractivity contribution in [3.05, 3.63) is 59.7 Å². The summed E-state index contributed by atoms with van der Waals surface area (Å²) in [6.07, 6.45) is -4.77. The minimum Gasteiger partial charge on any atom is -0.504 e. The third kappa shape index (κ3) is 10.2. The summed E-state index contributed by atoms with van der Waals surface area (Å²) in [5.41, 5.74) is -4.33. The smallest absolute Gasteiger partial charge is 0.335 e. The number of carboxylic acid groups (broad SMARTS) is 2. The summed E-state index contributed by atoms with van der Waals surface area (Å²) in [6.45, 7) is 1.03. The third-order valence-corrected chi connectivity index (χ3v) is 6.89. The summed E-state index contributed by atoms with van der Waals surface area (Å²) in [5.74, 6) is -8.63. The van der Waals surface area contributed by atoms with Crippen molar-refractivity contribution in [3.8, 4) is 23.0 Å². The molecule has 1 aliphatic rings. The van der Waals surface area contributed by atoms with E-state index in [2.05, 4.69) is 0 Å². The molecule has 0 radical (unpaired) electrons. The van der Waals surface area contributed by atoms with E-state index < -0.39 is 108 Å². The van der Waals surface area contributed by atoms with Crippen molar-refractivity contribution in [3.63, 3.8) is 0 Å². The molecule has 8 N–H and O–H groups in total. The molecule has 1 fully saturated rings. The number of aromatic hydroxyl groups is 4. The van der Waals surface area contributed by atoms with E-state index in [1.54, 1.807) is 0 Å². The number of phenols is 4. The lowest BCUT2D eigenvalue weighted by atomic mass is 9.79. The van der Waals surface area contributed by atoms with Crippen LogP contribution in [-0.4, -0.2) is 100 Å². The number of hydrogen-bond acceptors (Lipinski definition) is 14.